The van der Waals surface area contributed by atoms with Crippen LogP contribution in [0.1, 0.15) is 18.4 Å². The van der Waals surface area contributed by atoms with E-state index in [2.05, 4.69) is 4.98 Å². The van der Waals surface area contributed by atoms with E-state index in [1.54, 1.807) is 0 Å². The molecule has 0 bridgehead atoms. The van der Waals surface area contributed by atoms with E-state index < -0.39 is 21.7 Å². The molecule has 0 spiro atoms. The quantitative estimate of drug-likeness (QED) is 0.632. The zero-order valence-corrected chi connectivity index (χ0v) is 16.7. The molecule has 4 rings (SSSR count). The van der Waals surface area contributed by atoms with Crippen molar-refractivity contribution >= 4 is 31.6 Å². The van der Waals surface area contributed by atoms with E-state index in [0.717, 1.165) is 27.9 Å². The third-order valence-corrected chi connectivity index (χ3v) is 7.53. The van der Waals surface area contributed by atoms with E-state index in [1.807, 2.05) is 25.1 Å². The highest BCUT2D eigenvalue weighted by Crippen LogP contribution is 2.32. The van der Waals surface area contributed by atoms with Crippen LogP contribution in [0.15, 0.2) is 41.3 Å². The van der Waals surface area contributed by atoms with Crippen LogP contribution < -0.4 is 4.74 Å². The number of benzene rings is 2. The normalized spacial score (nSPS) is 16.5. The minimum atomic E-state index is -3.94. The highest BCUT2D eigenvalue weighted by molar-refractivity contribution is 7.89. The highest BCUT2D eigenvalue weighted by atomic mass is 32.2. The Morgan fingerprint density at radius 1 is 1.14 bits per heavy atom. The molecule has 0 amide bonds. The third-order valence-electron chi connectivity index (χ3n) is 4.74. The first-order valence-corrected chi connectivity index (χ1v) is 11.1. The summed E-state index contributed by atoms with van der Waals surface area (Å²) in [5.41, 5.74) is 1.99. The second-order valence-corrected chi connectivity index (χ2v) is 9.66. The summed E-state index contributed by atoms with van der Waals surface area (Å²) in [6, 6.07) is 8.27. The molecular weight excluding hydrogens is 406 g/mol. The lowest BCUT2D eigenvalue weighted by Crippen LogP contribution is -2.41. The van der Waals surface area contributed by atoms with Crippen molar-refractivity contribution in [1.29, 1.82) is 0 Å². The number of thiazole rings is 1. The summed E-state index contributed by atoms with van der Waals surface area (Å²) < 4.78 is 60.4. The number of nitrogens with zero attached hydrogens (tertiary/aromatic N) is 2. The maximum Gasteiger partial charge on any atom is 0.274 e. The number of fused-ring (bicyclic) bond motifs is 1. The second kappa shape index (κ2) is 7.38. The van der Waals surface area contributed by atoms with E-state index in [0.29, 0.717) is 24.1 Å². The van der Waals surface area contributed by atoms with Gasteiger partial charge >= 0.3 is 0 Å². The Morgan fingerprint density at radius 2 is 1.82 bits per heavy atom. The number of hydrogen-bond acceptors (Lipinski definition) is 5. The number of rotatable bonds is 4. The van der Waals surface area contributed by atoms with Gasteiger partial charge < -0.3 is 4.74 Å². The zero-order chi connectivity index (χ0) is 19.9. The lowest BCUT2D eigenvalue weighted by atomic mass is 10.1. The minimum absolute atomic E-state index is 0.156. The molecule has 1 saturated heterocycles. The number of para-hydroxylation sites is 1. The molecule has 1 aromatic heterocycles. The predicted octanol–water partition coefficient (Wildman–Crippen LogP) is 4.12. The number of ether oxygens (including phenoxy) is 1. The van der Waals surface area contributed by atoms with Crippen molar-refractivity contribution in [2.24, 2.45) is 0 Å². The molecule has 3 aromatic rings. The number of halogens is 2. The molecule has 1 aliphatic heterocycles. The number of piperidine rings is 1. The van der Waals surface area contributed by atoms with Crippen molar-refractivity contribution in [2.75, 3.05) is 13.1 Å². The molecule has 0 unspecified atom stereocenters. The fraction of sp³-hybridized carbons (Fsp3) is 0.316. The van der Waals surface area contributed by atoms with Crippen molar-refractivity contribution < 1.29 is 21.9 Å². The molecule has 5 nitrogen and oxygen atoms in total. The van der Waals surface area contributed by atoms with E-state index >= 15 is 0 Å². The van der Waals surface area contributed by atoms with E-state index in [4.69, 9.17) is 4.74 Å². The zero-order valence-electron chi connectivity index (χ0n) is 15.1. The van der Waals surface area contributed by atoms with Gasteiger partial charge in [0.1, 0.15) is 17.7 Å². The van der Waals surface area contributed by atoms with Crippen LogP contribution in [-0.4, -0.2) is 36.9 Å². The summed E-state index contributed by atoms with van der Waals surface area (Å²) in [6.45, 7) is 2.43. The van der Waals surface area contributed by atoms with E-state index in [1.165, 1.54) is 15.6 Å². The van der Waals surface area contributed by atoms with Gasteiger partial charge in [-0.05, 0) is 43.5 Å². The molecule has 0 aliphatic carbocycles. The SMILES string of the molecule is Cc1cccc2sc(OC3CCN(S(=O)(=O)c4cc(F)cc(F)c4)CC3)nc12. The number of sulfonamides is 1. The molecule has 2 heterocycles. The van der Waals surface area contributed by atoms with Crippen LogP contribution in [0.25, 0.3) is 10.2 Å². The highest BCUT2D eigenvalue weighted by Gasteiger charge is 2.31. The first-order chi connectivity index (χ1) is 13.3. The fourth-order valence-electron chi connectivity index (χ4n) is 3.28. The molecule has 0 radical (unpaired) electrons. The Kier molecular flexibility index (Phi) is 5.07. The maximum atomic E-state index is 13.4. The minimum Gasteiger partial charge on any atom is -0.467 e. The summed E-state index contributed by atoms with van der Waals surface area (Å²) >= 11 is 1.46. The summed E-state index contributed by atoms with van der Waals surface area (Å²) in [7, 11) is -3.94. The van der Waals surface area contributed by atoms with Gasteiger partial charge in [0.15, 0.2) is 0 Å². The van der Waals surface area contributed by atoms with Crippen LogP contribution in [0.3, 0.4) is 0 Å². The Balaban J connectivity index is 1.44. The molecular formula is C19H18F2N2O3S2. The largest absolute Gasteiger partial charge is 0.467 e. The molecule has 0 N–H and O–H groups in total. The van der Waals surface area contributed by atoms with Gasteiger partial charge in [0.25, 0.3) is 5.19 Å². The van der Waals surface area contributed by atoms with Crippen LogP contribution in [-0.2, 0) is 10.0 Å². The summed E-state index contributed by atoms with van der Waals surface area (Å²) in [5.74, 6) is -1.83. The van der Waals surface area contributed by atoms with E-state index in [-0.39, 0.29) is 24.1 Å². The van der Waals surface area contributed by atoms with Crippen molar-refractivity contribution in [3.05, 3.63) is 53.6 Å². The van der Waals surface area contributed by atoms with Gasteiger partial charge in [-0.15, -0.1) is 0 Å². The van der Waals surface area contributed by atoms with Crippen molar-refractivity contribution in [2.45, 2.75) is 30.8 Å². The lowest BCUT2D eigenvalue weighted by molar-refractivity contribution is 0.135. The average Bonchev–Trinajstić information content (AvgIpc) is 3.05. The molecule has 1 aliphatic rings. The predicted molar refractivity (Wildman–Crippen MR) is 103 cm³/mol. The van der Waals surface area contributed by atoms with Gasteiger partial charge in [0.05, 0.1) is 15.1 Å². The fourth-order valence-corrected chi connectivity index (χ4v) is 5.75. The van der Waals surface area contributed by atoms with Crippen molar-refractivity contribution in [1.82, 2.24) is 9.29 Å². The molecule has 9 heteroatoms. The molecule has 148 valence electrons. The lowest BCUT2D eigenvalue weighted by Gasteiger charge is -2.30. The first-order valence-electron chi connectivity index (χ1n) is 8.82. The van der Waals surface area contributed by atoms with Gasteiger partial charge in [0, 0.05) is 19.2 Å². The topological polar surface area (TPSA) is 59.5 Å². The first kappa shape index (κ1) is 19.2. The maximum absolute atomic E-state index is 13.4. The Morgan fingerprint density at radius 3 is 2.46 bits per heavy atom. The van der Waals surface area contributed by atoms with Crippen molar-refractivity contribution in [3.8, 4) is 5.19 Å². The van der Waals surface area contributed by atoms with Crippen LogP contribution in [0.2, 0.25) is 0 Å². The van der Waals surface area contributed by atoms with Crippen molar-refractivity contribution in [3.63, 3.8) is 0 Å². The smallest absolute Gasteiger partial charge is 0.274 e. The van der Waals surface area contributed by atoms with Crippen LogP contribution >= 0.6 is 11.3 Å². The van der Waals surface area contributed by atoms with Gasteiger partial charge in [-0.2, -0.15) is 4.31 Å². The monoisotopic (exact) mass is 424 g/mol. The van der Waals surface area contributed by atoms with E-state index in [9.17, 15) is 17.2 Å². The van der Waals surface area contributed by atoms with Gasteiger partial charge in [-0.1, -0.05) is 23.5 Å². The Labute approximate surface area is 165 Å². The number of hydrogen-bond donors (Lipinski definition) is 0. The Bertz CT molecular complexity index is 1100. The summed E-state index contributed by atoms with van der Waals surface area (Å²) in [4.78, 5) is 4.15. The summed E-state index contributed by atoms with van der Waals surface area (Å²) in [5, 5.41) is 0.567. The van der Waals surface area contributed by atoms with Gasteiger partial charge in [0.2, 0.25) is 10.0 Å². The van der Waals surface area contributed by atoms with Gasteiger partial charge in [-0.3, -0.25) is 0 Å². The Hall–Kier alpha value is -2.10. The molecule has 0 saturated carbocycles. The third kappa shape index (κ3) is 3.74. The number of aromatic nitrogens is 1. The number of aryl methyl sites for hydroxylation is 1. The molecule has 2 aromatic carbocycles. The second-order valence-electron chi connectivity index (χ2n) is 6.73. The van der Waals surface area contributed by atoms with Crippen LogP contribution in [0.4, 0.5) is 8.78 Å². The standard InChI is InChI=1S/C19H18F2N2O3S2/c1-12-3-2-4-17-18(12)22-19(27-17)26-15-5-7-23(8-6-15)28(24,25)16-10-13(20)9-14(21)11-16/h2-4,9-11,15H,5-8H2,1H3. The summed E-state index contributed by atoms with van der Waals surface area (Å²) in [6.07, 6.45) is 0.800. The molecule has 0 atom stereocenters. The average molecular weight is 424 g/mol. The molecule has 1 fully saturated rings. The van der Waals surface area contributed by atoms with Gasteiger partial charge in [-0.25, -0.2) is 22.2 Å². The molecule has 28 heavy (non-hydrogen) atoms. The van der Waals surface area contributed by atoms with Crippen LogP contribution in [0.5, 0.6) is 5.19 Å². The van der Waals surface area contributed by atoms with Crippen LogP contribution in [0, 0.1) is 18.6 Å².